The van der Waals surface area contributed by atoms with Crippen LogP contribution in [-0.2, 0) is 0 Å². The van der Waals surface area contributed by atoms with Gasteiger partial charge < -0.3 is 10.1 Å². The molecule has 2 N–H and O–H groups in total. The van der Waals surface area contributed by atoms with Crippen LogP contribution < -0.4 is 15.4 Å². The Morgan fingerprint density at radius 2 is 1.97 bits per heavy atom. The molecule has 0 saturated carbocycles. The lowest BCUT2D eigenvalue weighted by atomic mass is 10.2. The molecule has 0 radical (unpaired) electrons. The Morgan fingerprint density at radius 1 is 1.19 bits per heavy atom. The van der Waals surface area contributed by atoms with Crippen LogP contribution in [0.2, 0.25) is 0 Å². The molecule has 0 aliphatic rings. The van der Waals surface area contributed by atoms with E-state index in [1.807, 2.05) is 31.2 Å². The molecular formula is C22H22N6O2S2. The molecular weight excluding hydrogens is 444 g/mol. The minimum Gasteiger partial charge on any atom is -0.493 e. The Morgan fingerprint density at radius 3 is 2.69 bits per heavy atom. The minimum atomic E-state index is -0.293. The maximum absolute atomic E-state index is 12.5. The van der Waals surface area contributed by atoms with Crippen molar-refractivity contribution in [1.82, 2.24) is 25.1 Å². The molecule has 0 saturated heterocycles. The maximum atomic E-state index is 12.5. The first-order valence-electron chi connectivity index (χ1n) is 10.0. The average Bonchev–Trinajstić information content (AvgIpc) is 3.35. The Balaban J connectivity index is 1.38. The molecule has 164 valence electrons. The number of hydrogen-bond donors (Lipinski definition) is 2. The lowest BCUT2D eigenvalue weighted by molar-refractivity contribution is 0.0977. The summed E-state index contributed by atoms with van der Waals surface area (Å²) in [5.41, 5.74) is 2.15. The topological polar surface area (TPSA) is 93.4 Å². The second-order valence-electron chi connectivity index (χ2n) is 7.57. The fourth-order valence-electron chi connectivity index (χ4n) is 2.86. The number of aryl methyl sites for hydroxylation is 1. The molecule has 0 unspecified atom stereocenters. The highest BCUT2D eigenvalue weighted by Crippen LogP contribution is 2.27. The number of amides is 1. The predicted octanol–water partition coefficient (Wildman–Crippen LogP) is 4.32. The van der Waals surface area contributed by atoms with Crippen LogP contribution in [0.1, 0.15) is 30.0 Å². The molecule has 0 aliphatic heterocycles. The number of nitrogens with one attached hydrogen (secondary N) is 2. The van der Waals surface area contributed by atoms with Gasteiger partial charge in [-0.3, -0.25) is 10.1 Å². The number of nitrogens with zero attached hydrogens (tertiary/aromatic N) is 4. The van der Waals surface area contributed by atoms with Gasteiger partial charge in [0, 0.05) is 16.8 Å². The van der Waals surface area contributed by atoms with Gasteiger partial charge in [0.15, 0.2) is 10.9 Å². The van der Waals surface area contributed by atoms with Crippen molar-refractivity contribution < 1.29 is 9.53 Å². The SMILES string of the molecule is Cc1nnc2sc(-c3cccc(NC(=S)NC(=O)c4ccc(OCC(C)C)cc4)c3)nn12. The molecule has 4 aromatic rings. The first-order chi connectivity index (χ1) is 15.4. The van der Waals surface area contributed by atoms with E-state index in [0.29, 0.717) is 18.1 Å². The van der Waals surface area contributed by atoms with Gasteiger partial charge in [-0.1, -0.05) is 37.3 Å². The minimum absolute atomic E-state index is 0.210. The second kappa shape index (κ2) is 9.41. The van der Waals surface area contributed by atoms with E-state index in [1.165, 1.54) is 11.3 Å². The largest absolute Gasteiger partial charge is 0.493 e. The Bertz CT molecular complexity index is 1260. The van der Waals surface area contributed by atoms with Gasteiger partial charge in [0.25, 0.3) is 5.91 Å². The molecule has 2 aromatic carbocycles. The van der Waals surface area contributed by atoms with Crippen molar-refractivity contribution in [2.24, 2.45) is 5.92 Å². The number of ether oxygens (including phenoxy) is 1. The monoisotopic (exact) mass is 466 g/mol. The predicted molar refractivity (Wildman–Crippen MR) is 129 cm³/mol. The molecule has 0 spiro atoms. The molecule has 4 rings (SSSR count). The zero-order chi connectivity index (χ0) is 22.7. The lowest BCUT2D eigenvalue weighted by Crippen LogP contribution is -2.34. The van der Waals surface area contributed by atoms with E-state index < -0.39 is 0 Å². The van der Waals surface area contributed by atoms with Crippen molar-refractivity contribution in [3.05, 3.63) is 59.9 Å². The van der Waals surface area contributed by atoms with Gasteiger partial charge in [0.05, 0.1) is 6.61 Å². The van der Waals surface area contributed by atoms with Gasteiger partial charge in [-0.05, 0) is 61.5 Å². The molecule has 1 amide bonds. The first kappa shape index (κ1) is 21.8. The quantitative estimate of drug-likeness (QED) is 0.409. The summed E-state index contributed by atoms with van der Waals surface area (Å²) in [6, 6.07) is 14.6. The Labute approximate surface area is 194 Å². The van der Waals surface area contributed by atoms with E-state index in [-0.39, 0.29) is 11.0 Å². The van der Waals surface area contributed by atoms with Crippen molar-refractivity contribution in [2.45, 2.75) is 20.8 Å². The third kappa shape index (κ3) is 5.09. The number of benzene rings is 2. The van der Waals surface area contributed by atoms with Crippen LogP contribution in [0, 0.1) is 12.8 Å². The highest BCUT2D eigenvalue weighted by atomic mass is 32.1. The van der Waals surface area contributed by atoms with Crippen LogP contribution >= 0.6 is 23.6 Å². The van der Waals surface area contributed by atoms with Gasteiger partial charge in [-0.15, -0.1) is 10.2 Å². The second-order valence-corrected chi connectivity index (χ2v) is 8.93. The van der Waals surface area contributed by atoms with Crippen LogP contribution in [0.25, 0.3) is 15.5 Å². The van der Waals surface area contributed by atoms with Crippen LogP contribution in [0.3, 0.4) is 0 Å². The lowest BCUT2D eigenvalue weighted by Gasteiger charge is -2.11. The Kier molecular flexibility index (Phi) is 6.42. The summed E-state index contributed by atoms with van der Waals surface area (Å²) in [7, 11) is 0. The van der Waals surface area contributed by atoms with Gasteiger partial charge in [0.2, 0.25) is 4.96 Å². The van der Waals surface area contributed by atoms with Crippen molar-refractivity contribution in [3.63, 3.8) is 0 Å². The summed E-state index contributed by atoms with van der Waals surface area (Å²) < 4.78 is 7.36. The smallest absolute Gasteiger partial charge is 0.257 e. The average molecular weight is 467 g/mol. The van der Waals surface area contributed by atoms with Gasteiger partial charge in [-0.25, -0.2) is 0 Å². The molecule has 8 nitrogen and oxygen atoms in total. The van der Waals surface area contributed by atoms with Crippen LogP contribution in [0.4, 0.5) is 5.69 Å². The van der Waals surface area contributed by atoms with Crippen molar-refractivity contribution >= 4 is 45.2 Å². The molecule has 0 aliphatic carbocycles. The standard InChI is InChI=1S/C22H22N6O2S2/c1-13(2)12-30-18-9-7-15(8-10-18)19(29)24-21(31)23-17-6-4-5-16(11-17)20-27-28-14(3)25-26-22(28)32-20/h4-11,13H,12H2,1-3H3,(H2,23,24,29,31). The number of aromatic nitrogens is 4. The number of fused-ring (bicyclic) bond motifs is 1. The summed E-state index contributed by atoms with van der Waals surface area (Å²) in [6.45, 7) is 6.65. The number of anilines is 1. The van der Waals surface area contributed by atoms with Crippen molar-refractivity contribution in [3.8, 4) is 16.3 Å². The van der Waals surface area contributed by atoms with Crippen LogP contribution in [0.15, 0.2) is 48.5 Å². The van der Waals surface area contributed by atoms with E-state index in [2.05, 4.69) is 39.8 Å². The highest BCUT2D eigenvalue weighted by molar-refractivity contribution is 7.80. The number of carbonyl (C=O) groups is 1. The van der Waals surface area contributed by atoms with E-state index in [1.54, 1.807) is 28.8 Å². The highest BCUT2D eigenvalue weighted by Gasteiger charge is 2.12. The van der Waals surface area contributed by atoms with E-state index in [0.717, 1.165) is 32.8 Å². The fourth-order valence-corrected chi connectivity index (χ4v) is 3.96. The van der Waals surface area contributed by atoms with Gasteiger partial charge in [0.1, 0.15) is 10.8 Å². The molecule has 32 heavy (non-hydrogen) atoms. The first-order valence-corrected chi connectivity index (χ1v) is 11.3. The summed E-state index contributed by atoms with van der Waals surface area (Å²) >= 11 is 6.77. The van der Waals surface area contributed by atoms with Gasteiger partial charge >= 0.3 is 0 Å². The molecule has 2 aromatic heterocycles. The number of hydrogen-bond acceptors (Lipinski definition) is 7. The zero-order valence-corrected chi connectivity index (χ0v) is 19.5. The van der Waals surface area contributed by atoms with E-state index in [9.17, 15) is 4.79 Å². The number of carbonyl (C=O) groups excluding carboxylic acids is 1. The Hall–Kier alpha value is -3.37. The fraction of sp³-hybridized carbons (Fsp3) is 0.227. The maximum Gasteiger partial charge on any atom is 0.257 e. The summed E-state index contributed by atoms with van der Waals surface area (Å²) in [4.78, 5) is 13.2. The number of thiocarbonyl (C=S) groups is 1. The summed E-state index contributed by atoms with van der Waals surface area (Å²) in [5.74, 6) is 1.61. The normalized spacial score (nSPS) is 11.0. The van der Waals surface area contributed by atoms with Crippen LogP contribution in [-0.4, -0.2) is 37.4 Å². The summed E-state index contributed by atoms with van der Waals surface area (Å²) in [6.07, 6.45) is 0. The summed E-state index contributed by atoms with van der Waals surface area (Å²) in [5, 5.41) is 19.4. The van der Waals surface area contributed by atoms with Crippen molar-refractivity contribution in [1.29, 1.82) is 0 Å². The molecule has 0 atom stereocenters. The third-order valence-corrected chi connectivity index (χ3v) is 5.59. The molecule has 2 heterocycles. The molecule has 0 fully saturated rings. The van der Waals surface area contributed by atoms with Gasteiger partial charge in [-0.2, -0.15) is 9.61 Å². The third-order valence-electron chi connectivity index (χ3n) is 4.44. The number of rotatable bonds is 6. The van der Waals surface area contributed by atoms with Crippen LogP contribution in [0.5, 0.6) is 5.75 Å². The van der Waals surface area contributed by atoms with Crippen molar-refractivity contribution in [2.75, 3.05) is 11.9 Å². The van der Waals surface area contributed by atoms with E-state index >= 15 is 0 Å². The molecule has 0 bridgehead atoms. The van der Waals surface area contributed by atoms with E-state index in [4.69, 9.17) is 17.0 Å². The zero-order valence-electron chi connectivity index (χ0n) is 17.8. The molecule has 10 heteroatoms.